The van der Waals surface area contributed by atoms with E-state index in [0.717, 1.165) is 16.7 Å². The van der Waals surface area contributed by atoms with Gasteiger partial charge in [-0.05, 0) is 30.4 Å². The maximum atomic E-state index is 12.5. The molecular formula is C25H32N2O4. The number of amides is 2. The van der Waals surface area contributed by atoms with Crippen molar-refractivity contribution in [1.82, 2.24) is 10.6 Å². The monoisotopic (exact) mass is 424 g/mol. The van der Waals surface area contributed by atoms with Crippen LogP contribution in [0.4, 0.5) is 0 Å². The third-order valence-corrected chi connectivity index (χ3v) is 5.01. The number of nitrogens with one attached hydrogen (secondary N) is 2. The van der Waals surface area contributed by atoms with Gasteiger partial charge in [0.25, 0.3) is 5.91 Å². The fraction of sp³-hybridized carbons (Fsp3) is 0.400. The van der Waals surface area contributed by atoms with Crippen LogP contribution in [0.2, 0.25) is 0 Å². The largest absolute Gasteiger partial charge is 0.454 e. The zero-order valence-corrected chi connectivity index (χ0v) is 18.7. The molecule has 2 aromatic rings. The Balaban J connectivity index is 1.87. The summed E-state index contributed by atoms with van der Waals surface area (Å²) in [6.07, 6.45) is 0.888. The van der Waals surface area contributed by atoms with Crippen LogP contribution in [0, 0.1) is 12.8 Å². The number of aryl methyl sites for hydroxylation is 1. The summed E-state index contributed by atoms with van der Waals surface area (Å²) in [7, 11) is 0. The summed E-state index contributed by atoms with van der Waals surface area (Å²) in [5, 5.41) is 5.62. The highest BCUT2D eigenvalue weighted by atomic mass is 16.5. The van der Waals surface area contributed by atoms with Gasteiger partial charge in [0.15, 0.2) is 6.61 Å². The summed E-state index contributed by atoms with van der Waals surface area (Å²) >= 11 is 0. The van der Waals surface area contributed by atoms with Gasteiger partial charge in [0.05, 0.1) is 12.5 Å². The van der Waals surface area contributed by atoms with E-state index in [2.05, 4.69) is 10.6 Å². The average molecular weight is 425 g/mol. The quantitative estimate of drug-likeness (QED) is 0.572. The second-order valence-electron chi connectivity index (χ2n) is 8.00. The molecule has 0 aliphatic carbocycles. The van der Waals surface area contributed by atoms with Crippen molar-refractivity contribution >= 4 is 17.8 Å². The molecule has 2 rings (SSSR count). The minimum Gasteiger partial charge on any atom is -0.454 e. The number of ether oxygens (including phenoxy) is 1. The van der Waals surface area contributed by atoms with Crippen LogP contribution < -0.4 is 10.6 Å². The number of rotatable bonds is 10. The topological polar surface area (TPSA) is 84.5 Å². The molecule has 0 spiro atoms. The lowest BCUT2D eigenvalue weighted by atomic mass is 10.0. The number of hydrogen-bond acceptors (Lipinski definition) is 4. The van der Waals surface area contributed by atoms with Crippen LogP contribution in [-0.4, -0.2) is 30.4 Å². The van der Waals surface area contributed by atoms with E-state index in [1.165, 1.54) is 0 Å². The van der Waals surface area contributed by atoms with Crippen molar-refractivity contribution < 1.29 is 19.1 Å². The van der Waals surface area contributed by atoms with Crippen molar-refractivity contribution in [2.24, 2.45) is 5.92 Å². The standard InChI is InChI=1S/C25H32N2O4/c1-5-21(20-13-11-18(4)12-14-20)26-23(29)16-31-25(30)24(17(2)3)27-22(28)15-19-9-7-6-8-10-19/h6-14,17,21,24H,5,15-16H2,1-4H3,(H,26,29)(H,27,28)/t21-,24+/m1/s1. The molecule has 166 valence electrons. The van der Waals surface area contributed by atoms with Crippen molar-refractivity contribution in [3.63, 3.8) is 0 Å². The smallest absolute Gasteiger partial charge is 0.329 e. The Morgan fingerprint density at radius 2 is 1.55 bits per heavy atom. The van der Waals surface area contributed by atoms with Crippen LogP contribution in [-0.2, 0) is 25.5 Å². The van der Waals surface area contributed by atoms with E-state index < -0.39 is 12.0 Å². The molecule has 0 radical (unpaired) electrons. The molecule has 0 aromatic heterocycles. The van der Waals surface area contributed by atoms with Gasteiger partial charge in [-0.25, -0.2) is 4.79 Å². The summed E-state index contributed by atoms with van der Waals surface area (Å²) in [5.41, 5.74) is 3.01. The zero-order valence-electron chi connectivity index (χ0n) is 18.7. The van der Waals surface area contributed by atoms with Crippen LogP contribution in [0.3, 0.4) is 0 Å². The molecule has 6 nitrogen and oxygen atoms in total. The Bertz CT molecular complexity index is 863. The molecule has 2 atom stereocenters. The van der Waals surface area contributed by atoms with Crippen molar-refractivity contribution in [1.29, 1.82) is 0 Å². The Hall–Kier alpha value is -3.15. The Labute approximate surface area is 184 Å². The first kappa shape index (κ1) is 24.1. The SMILES string of the molecule is CC[C@@H](NC(=O)COC(=O)[C@@H](NC(=O)Cc1ccccc1)C(C)C)c1ccc(C)cc1. The number of carbonyl (C=O) groups excluding carboxylic acids is 3. The molecular weight excluding hydrogens is 392 g/mol. The fourth-order valence-electron chi connectivity index (χ4n) is 3.19. The van der Waals surface area contributed by atoms with Crippen LogP contribution >= 0.6 is 0 Å². The van der Waals surface area contributed by atoms with Gasteiger partial charge in [-0.1, -0.05) is 80.9 Å². The Morgan fingerprint density at radius 3 is 2.13 bits per heavy atom. The first-order valence-electron chi connectivity index (χ1n) is 10.7. The maximum Gasteiger partial charge on any atom is 0.329 e. The molecule has 0 saturated heterocycles. The lowest BCUT2D eigenvalue weighted by Crippen LogP contribution is -2.46. The third kappa shape index (κ3) is 7.89. The lowest BCUT2D eigenvalue weighted by Gasteiger charge is -2.22. The molecule has 6 heteroatoms. The zero-order chi connectivity index (χ0) is 22.8. The summed E-state index contributed by atoms with van der Waals surface area (Å²) < 4.78 is 5.21. The Kier molecular flexibility index (Phi) is 9.25. The maximum absolute atomic E-state index is 12.5. The lowest BCUT2D eigenvalue weighted by molar-refractivity contribution is -0.153. The molecule has 0 unspecified atom stereocenters. The van der Waals surface area contributed by atoms with E-state index in [9.17, 15) is 14.4 Å². The first-order chi connectivity index (χ1) is 14.8. The highest BCUT2D eigenvalue weighted by molar-refractivity contribution is 5.87. The van der Waals surface area contributed by atoms with Crippen molar-refractivity contribution in [3.05, 3.63) is 71.3 Å². The minimum absolute atomic E-state index is 0.154. The molecule has 2 N–H and O–H groups in total. The fourth-order valence-corrected chi connectivity index (χ4v) is 3.19. The van der Waals surface area contributed by atoms with Gasteiger partial charge < -0.3 is 15.4 Å². The predicted molar refractivity (Wildman–Crippen MR) is 120 cm³/mol. The third-order valence-electron chi connectivity index (χ3n) is 5.01. The minimum atomic E-state index is -0.817. The number of benzene rings is 2. The van der Waals surface area contributed by atoms with E-state index >= 15 is 0 Å². The second-order valence-corrected chi connectivity index (χ2v) is 8.00. The van der Waals surface area contributed by atoms with Gasteiger partial charge >= 0.3 is 5.97 Å². The summed E-state index contributed by atoms with van der Waals surface area (Å²) in [6, 6.07) is 16.3. The van der Waals surface area contributed by atoms with Crippen molar-refractivity contribution in [2.45, 2.75) is 52.6 Å². The average Bonchev–Trinajstić information content (AvgIpc) is 2.75. The Morgan fingerprint density at radius 1 is 0.903 bits per heavy atom. The van der Waals surface area contributed by atoms with Crippen LogP contribution in [0.25, 0.3) is 0 Å². The summed E-state index contributed by atoms with van der Waals surface area (Å²) in [5.74, 6) is -1.43. The molecule has 0 aliphatic heterocycles. The van der Waals surface area contributed by atoms with Gasteiger partial charge in [0.2, 0.25) is 5.91 Å². The van der Waals surface area contributed by atoms with E-state index in [1.54, 1.807) is 0 Å². The second kappa shape index (κ2) is 11.9. The molecule has 0 fully saturated rings. The molecule has 2 amide bonds. The summed E-state index contributed by atoms with van der Waals surface area (Å²) in [4.78, 5) is 37.2. The number of carbonyl (C=O) groups is 3. The van der Waals surface area contributed by atoms with Gasteiger partial charge in [-0.3, -0.25) is 9.59 Å². The summed E-state index contributed by atoms with van der Waals surface area (Å²) in [6.45, 7) is 7.23. The molecule has 31 heavy (non-hydrogen) atoms. The molecule has 2 aromatic carbocycles. The molecule has 0 heterocycles. The molecule has 0 aliphatic rings. The highest BCUT2D eigenvalue weighted by Gasteiger charge is 2.26. The van der Waals surface area contributed by atoms with Crippen LogP contribution in [0.15, 0.2) is 54.6 Å². The first-order valence-corrected chi connectivity index (χ1v) is 10.7. The normalized spacial score (nSPS) is 12.7. The highest BCUT2D eigenvalue weighted by Crippen LogP contribution is 2.17. The van der Waals surface area contributed by atoms with Gasteiger partial charge in [-0.15, -0.1) is 0 Å². The molecule has 0 saturated carbocycles. The van der Waals surface area contributed by atoms with Crippen molar-refractivity contribution in [3.8, 4) is 0 Å². The van der Waals surface area contributed by atoms with Gasteiger partial charge in [0, 0.05) is 0 Å². The predicted octanol–water partition coefficient (Wildman–Crippen LogP) is 3.49. The van der Waals surface area contributed by atoms with Crippen LogP contribution in [0.5, 0.6) is 0 Å². The number of hydrogen-bond donors (Lipinski definition) is 2. The van der Waals surface area contributed by atoms with Crippen molar-refractivity contribution in [2.75, 3.05) is 6.61 Å². The van der Waals surface area contributed by atoms with Gasteiger partial charge in [0.1, 0.15) is 6.04 Å². The van der Waals surface area contributed by atoms with E-state index in [1.807, 2.05) is 82.3 Å². The van der Waals surface area contributed by atoms with E-state index in [-0.39, 0.29) is 36.8 Å². The van der Waals surface area contributed by atoms with E-state index in [4.69, 9.17) is 4.74 Å². The number of esters is 1. The van der Waals surface area contributed by atoms with Gasteiger partial charge in [-0.2, -0.15) is 0 Å². The molecule has 0 bridgehead atoms. The van der Waals surface area contributed by atoms with Crippen LogP contribution in [0.1, 0.15) is 49.9 Å². The van der Waals surface area contributed by atoms with E-state index in [0.29, 0.717) is 6.42 Å².